The van der Waals surface area contributed by atoms with Crippen LogP contribution in [-0.2, 0) is 0 Å². The highest BCUT2D eigenvalue weighted by molar-refractivity contribution is 8.11. The van der Waals surface area contributed by atoms with Crippen LogP contribution in [0.5, 0.6) is 0 Å². The highest BCUT2D eigenvalue weighted by atomic mass is 32.1. The molecule has 0 bridgehead atoms. The van der Waals surface area contributed by atoms with Gasteiger partial charge in [-0.2, -0.15) is 0 Å². The summed E-state index contributed by atoms with van der Waals surface area (Å²) in [5.74, 6) is 0. The maximum absolute atomic E-state index is 4.51. The average Bonchev–Trinajstić information content (AvgIpc) is 1.35. The summed E-state index contributed by atoms with van der Waals surface area (Å²) >= 11 is 8.27. The SMILES string of the molecule is N.[CH2]CNC(=S)S. The Morgan fingerprint density at radius 1 is 1.86 bits per heavy atom. The van der Waals surface area contributed by atoms with Gasteiger partial charge < -0.3 is 11.5 Å². The molecule has 4 N–H and O–H groups in total. The van der Waals surface area contributed by atoms with Crippen molar-refractivity contribution in [2.75, 3.05) is 6.54 Å². The Morgan fingerprint density at radius 3 is 2.29 bits per heavy atom. The molecule has 1 radical (unpaired) electrons. The van der Waals surface area contributed by atoms with Crippen LogP contribution in [0.1, 0.15) is 0 Å². The first-order chi connectivity index (χ1) is 2.77. The van der Waals surface area contributed by atoms with Crippen LogP contribution in [0.2, 0.25) is 0 Å². The molecular weight excluding hydrogens is 128 g/mol. The molecule has 0 aromatic carbocycles. The van der Waals surface area contributed by atoms with Crippen molar-refractivity contribution in [3.05, 3.63) is 6.92 Å². The average molecular weight is 137 g/mol. The van der Waals surface area contributed by atoms with Gasteiger partial charge >= 0.3 is 0 Å². The predicted octanol–water partition coefficient (Wildman–Crippen LogP) is 0.787. The van der Waals surface area contributed by atoms with Gasteiger partial charge in [0, 0.05) is 6.54 Å². The molecule has 0 spiro atoms. The number of thiol groups is 1. The Morgan fingerprint density at radius 2 is 2.29 bits per heavy atom. The fourth-order valence-corrected chi connectivity index (χ4v) is 0.321. The Labute approximate surface area is 54.7 Å². The number of hydrogen-bond acceptors (Lipinski definition) is 2. The van der Waals surface area contributed by atoms with Crippen LogP contribution >= 0.6 is 24.8 Å². The van der Waals surface area contributed by atoms with Gasteiger partial charge in [-0.15, -0.1) is 12.6 Å². The van der Waals surface area contributed by atoms with Gasteiger partial charge in [0.05, 0.1) is 0 Å². The first-order valence-corrected chi connectivity index (χ1v) is 2.39. The molecule has 0 amide bonds. The van der Waals surface area contributed by atoms with E-state index in [0.29, 0.717) is 10.9 Å². The summed E-state index contributed by atoms with van der Waals surface area (Å²) in [5.41, 5.74) is 0. The molecule has 0 rings (SSSR count). The summed E-state index contributed by atoms with van der Waals surface area (Å²) in [5, 5.41) is 2.69. The molecular formula is C3H9N2S2. The topological polar surface area (TPSA) is 47.0 Å². The minimum atomic E-state index is 0. The molecule has 0 aromatic heterocycles. The summed E-state index contributed by atoms with van der Waals surface area (Å²) in [6.07, 6.45) is 0. The fourth-order valence-electron chi connectivity index (χ4n) is 0.107. The quantitative estimate of drug-likeness (QED) is 0.370. The second kappa shape index (κ2) is 6.20. The molecule has 0 aromatic rings. The lowest BCUT2D eigenvalue weighted by molar-refractivity contribution is 1.08. The Hall–Kier alpha value is 0.200. The van der Waals surface area contributed by atoms with Crippen LogP contribution in [0.3, 0.4) is 0 Å². The van der Waals surface area contributed by atoms with Gasteiger partial charge in [0.15, 0.2) is 0 Å². The second-order valence-electron chi connectivity index (χ2n) is 0.732. The summed E-state index contributed by atoms with van der Waals surface area (Å²) in [7, 11) is 0. The molecule has 4 heteroatoms. The van der Waals surface area contributed by atoms with E-state index >= 15 is 0 Å². The van der Waals surface area contributed by atoms with Crippen molar-refractivity contribution in [1.82, 2.24) is 11.5 Å². The van der Waals surface area contributed by atoms with E-state index in [9.17, 15) is 0 Å². The van der Waals surface area contributed by atoms with Gasteiger partial charge in [-0.3, -0.25) is 0 Å². The largest absolute Gasteiger partial charge is 0.371 e. The van der Waals surface area contributed by atoms with E-state index < -0.39 is 0 Å². The number of nitrogens with one attached hydrogen (secondary N) is 1. The molecule has 0 saturated carbocycles. The first-order valence-electron chi connectivity index (χ1n) is 1.53. The second-order valence-corrected chi connectivity index (χ2v) is 1.89. The minimum Gasteiger partial charge on any atom is -0.371 e. The maximum Gasteiger partial charge on any atom is 0.130 e. The van der Waals surface area contributed by atoms with Crippen molar-refractivity contribution >= 4 is 29.2 Å². The lowest BCUT2D eigenvalue weighted by Gasteiger charge is -1.91. The van der Waals surface area contributed by atoms with Crippen LogP contribution in [0.25, 0.3) is 0 Å². The van der Waals surface area contributed by atoms with Crippen molar-refractivity contribution < 1.29 is 0 Å². The van der Waals surface area contributed by atoms with Crippen molar-refractivity contribution in [2.45, 2.75) is 0 Å². The van der Waals surface area contributed by atoms with E-state index in [4.69, 9.17) is 0 Å². The normalized spacial score (nSPS) is 6.57. The van der Waals surface area contributed by atoms with Crippen LogP contribution < -0.4 is 11.5 Å². The molecule has 0 unspecified atom stereocenters. The zero-order valence-electron chi connectivity index (χ0n) is 3.98. The molecule has 0 aliphatic carbocycles. The Kier molecular flexibility index (Phi) is 9.07. The van der Waals surface area contributed by atoms with Crippen molar-refractivity contribution in [3.63, 3.8) is 0 Å². The molecule has 43 valence electrons. The van der Waals surface area contributed by atoms with Crippen LogP contribution in [0.4, 0.5) is 0 Å². The molecule has 0 atom stereocenters. The summed E-state index contributed by atoms with van der Waals surface area (Å²) in [6.45, 7) is 4.09. The van der Waals surface area contributed by atoms with E-state index in [1.807, 2.05) is 0 Å². The number of thiocarbonyl (C=S) groups is 1. The molecule has 0 aliphatic rings. The molecule has 0 saturated heterocycles. The van der Waals surface area contributed by atoms with Gasteiger partial charge in [-0.05, 0) is 6.92 Å². The van der Waals surface area contributed by atoms with Gasteiger partial charge in [0.2, 0.25) is 0 Å². The molecule has 0 aliphatic heterocycles. The van der Waals surface area contributed by atoms with E-state index in [2.05, 4.69) is 37.1 Å². The molecule has 2 nitrogen and oxygen atoms in total. The lowest BCUT2D eigenvalue weighted by atomic mass is 10.8. The van der Waals surface area contributed by atoms with Gasteiger partial charge in [-0.1, -0.05) is 12.2 Å². The zero-order chi connectivity index (χ0) is 4.99. The van der Waals surface area contributed by atoms with E-state index in [0.717, 1.165) is 0 Å². The minimum absolute atomic E-state index is 0. The standard InChI is InChI=1S/C3H6NS2.H3N/c1-2-4-3(5)6;/h1-2H2,(H2,4,5,6);1H3. The van der Waals surface area contributed by atoms with E-state index in [1.165, 1.54) is 0 Å². The van der Waals surface area contributed by atoms with Crippen molar-refractivity contribution in [3.8, 4) is 0 Å². The van der Waals surface area contributed by atoms with Crippen molar-refractivity contribution in [2.24, 2.45) is 0 Å². The number of rotatable bonds is 1. The molecule has 7 heavy (non-hydrogen) atoms. The third-order valence-electron chi connectivity index (χ3n) is 0.276. The molecule has 0 heterocycles. The van der Waals surface area contributed by atoms with Gasteiger partial charge in [0.25, 0.3) is 0 Å². The third kappa shape index (κ3) is 10.7. The summed E-state index contributed by atoms with van der Waals surface area (Å²) in [6, 6.07) is 0. The summed E-state index contributed by atoms with van der Waals surface area (Å²) < 4.78 is 0.505. The monoisotopic (exact) mass is 137 g/mol. The van der Waals surface area contributed by atoms with Crippen LogP contribution in [0.15, 0.2) is 0 Å². The fraction of sp³-hybridized carbons (Fsp3) is 0.333. The van der Waals surface area contributed by atoms with Gasteiger partial charge in [0.1, 0.15) is 4.32 Å². The first kappa shape index (κ1) is 10.2. The van der Waals surface area contributed by atoms with Crippen LogP contribution in [-0.4, -0.2) is 10.9 Å². The third-order valence-corrected chi connectivity index (χ3v) is 0.579. The number of hydrogen-bond donors (Lipinski definition) is 3. The van der Waals surface area contributed by atoms with E-state index in [1.54, 1.807) is 0 Å². The Balaban J connectivity index is 0. The molecule has 0 fully saturated rings. The highest BCUT2D eigenvalue weighted by Crippen LogP contribution is 1.72. The predicted molar refractivity (Wildman–Crippen MR) is 40.0 cm³/mol. The van der Waals surface area contributed by atoms with E-state index in [-0.39, 0.29) is 6.15 Å². The Bertz CT molecular complexity index is 54.9. The maximum atomic E-state index is 4.51. The lowest BCUT2D eigenvalue weighted by Crippen LogP contribution is -2.14. The van der Waals surface area contributed by atoms with Crippen molar-refractivity contribution in [1.29, 1.82) is 0 Å². The highest BCUT2D eigenvalue weighted by Gasteiger charge is 1.75. The summed E-state index contributed by atoms with van der Waals surface area (Å²) in [4.78, 5) is 0. The zero-order valence-corrected chi connectivity index (χ0v) is 5.69. The van der Waals surface area contributed by atoms with Gasteiger partial charge in [-0.25, -0.2) is 0 Å². The smallest absolute Gasteiger partial charge is 0.130 e. The van der Waals surface area contributed by atoms with Crippen LogP contribution in [0, 0.1) is 6.92 Å².